The maximum Gasteiger partial charge on any atom is 0.259 e. The van der Waals surface area contributed by atoms with Gasteiger partial charge in [-0.05, 0) is 80.5 Å². The molecule has 1 heterocycles. The van der Waals surface area contributed by atoms with Crippen LogP contribution in [0.15, 0.2) is 24.3 Å². The van der Waals surface area contributed by atoms with Gasteiger partial charge in [-0.25, -0.2) is 0 Å². The molecule has 4 fully saturated rings. The molecule has 0 atom stereocenters. The van der Waals surface area contributed by atoms with Gasteiger partial charge in [0.15, 0.2) is 0 Å². The Hall–Kier alpha value is -1.46. The molecule has 6 heteroatoms. The SMILES string of the molecule is CN(C(=O)c1ccc(Cl)cc1)c1nnc(C23CC4CC(CC(C4)C2)C3)s1. The number of hydrogen-bond donors (Lipinski definition) is 0. The quantitative estimate of drug-likeness (QED) is 0.749. The highest BCUT2D eigenvalue weighted by atomic mass is 35.5. The van der Waals surface area contributed by atoms with Crippen LogP contribution >= 0.6 is 22.9 Å². The molecule has 26 heavy (non-hydrogen) atoms. The number of benzene rings is 1. The van der Waals surface area contributed by atoms with E-state index in [1.807, 2.05) is 0 Å². The lowest BCUT2D eigenvalue weighted by Crippen LogP contribution is -2.48. The molecule has 4 saturated carbocycles. The van der Waals surface area contributed by atoms with Crippen molar-refractivity contribution in [1.82, 2.24) is 10.2 Å². The largest absolute Gasteiger partial charge is 0.286 e. The average molecular weight is 388 g/mol. The zero-order valence-electron chi connectivity index (χ0n) is 14.8. The third-order valence-electron chi connectivity index (χ3n) is 6.59. The Labute approximate surface area is 162 Å². The summed E-state index contributed by atoms with van der Waals surface area (Å²) in [5.41, 5.74) is 0.845. The normalized spacial score (nSPS) is 32.0. The van der Waals surface area contributed by atoms with Gasteiger partial charge in [-0.1, -0.05) is 22.9 Å². The molecule has 0 spiro atoms. The minimum atomic E-state index is -0.0742. The fourth-order valence-corrected chi connectivity index (χ4v) is 6.96. The van der Waals surface area contributed by atoms with Crippen molar-refractivity contribution >= 4 is 34.0 Å². The summed E-state index contributed by atoms with van der Waals surface area (Å²) in [5, 5.41) is 11.4. The van der Waals surface area contributed by atoms with Crippen molar-refractivity contribution in [2.75, 3.05) is 11.9 Å². The van der Waals surface area contributed by atoms with Gasteiger partial charge in [0.05, 0.1) is 0 Å². The third-order valence-corrected chi connectivity index (χ3v) is 8.09. The van der Waals surface area contributed by atoms with E-state index >= 15 is 0 Å². The number of amides is 1. The first kappa shape index (κ1) is 16.7. The van der Waals surface area contributed by atoms with Gasteiger partial charge in [-0.15, -0.1) is 10.2 Å². The highest BCUT2D eigenvalue weighted by Gasteiger charge is 2.53. The lowest BCUT2D eigenvalue weighted by Gasteiger charge is -2.55. The minimum Gasteiger partial charge on any atom is -0.286 e. The number of anilines is 1. The van der Waals surface area contributed by atoms with Crippen molar-refractivity contribution in [2.24, 2.45) is 17.8 Å². The number of rotatable bonds is 3. The van der Waals surface area contributed by atoms with E-state index in [1.54, 1.807) is 47.5 Å². The lowest BCUT2D eigenvalue weighted by molar-refractivity contribution is -0.00555. The second-order valence-corrected chi connectivity index (χ2v) is 9.85. The van der Waals surface area contributed by atoms with Gasteiger partial charge in [-0.2, -0.15) is 0 Å². The van der Waals surface area contributed by atoms with E-state index in [-0.39, 0.29) is 11.3 Å². The molecule has 1 amide bonds. The first-order valence-corrected chi connectivity index (χ1v) is 10.6. The zero-order valence-corrected chi connectivity index (χ0v) is 16.4. The fraction of sp³-hybridized carbons (Fsp3) is 0.550. The predicted molar refractivity (Wildman–Crippen MR) is 104 cm³/mol. The van der Waals surface area contributed by atoms with Crippen molar-refractivity contribution in [3.05, 3.63) is 39.9 Å². The van der Waals surface area contributed by atoms with Crippen LogP contribution in [0, 0.1) is 17.8 Å². The van der Waals surface area contributed by atoms with Gasteiger partial charge < -0.3 is 0 Å². The fourth-order valence-electron chi connectivity index (χ4n) is 5.81. The molecule has 0 aliphatic heterocycles. The second-order valence-electron chi connectivity index (χ2n) is 8.46. The molecule has 6 rings (SSSR count). The highest BCUT2D eigenvalue weighted by molar-refractivity contribution is 7.15. The molecule has 1 aromatic heterocycles. The number of carbonyl (C=O) groups excluding carboxylic acids is 1. The minimum absolute atomic E-state index is 0.0742. The van der Waals surface area contributed by atoms with Gasteiger partial charge >= 0.3 is 0 Å². The molecule has 136 valence electrons. The Morgan fingerprint density at radius 1 is 1.08 bits per heavy atom. The first-order valence-electron chi connectivity index (χ1n) is 9.40. The summed E-state index contributed by atoms with van der Waals surface area (Å²) < 4.78 is 0. The van der Waals surface area contributed by atoms with E-state index in [4.69, 9.17) is 11.6 Å². The van der Waals surface area contributed by atoms with Crippen LogP contribution in [0.25, 0.3) is 0 Å². The predicted octanol–water partition coefficient (Wildman–Crippen LogP) is 4.94. The highest BCUT2D eigenvalue weighted by Crippen LogP contribution is 2.61. The molecule has 0 N–H and O–H groups in total. The van der Waals surface area contributed by atoms with E-state index in [0.717, 1.165) is 22.8 Å². The van der Waals surface area contributed by atoms with Gasteiger partial charge in [0.25, 0.3) is 5.91 Å². The average Bonchev–Trinajstić information content (AvgIpc) is 3.11. The number of nitrogens with zero attached hydrogens (tertiary/aromatic N) is 3. The monoisotopic (exact) mass is 387 g/mol. The van der Waals surface area contributed by atoms with Crippen LogP contribution in [-0.2, 0) is 5.41 Å². The van der Waals surface area contributed by atoms with E-state index in [2.05, 4.69) is 10.2 Å². The Morgan fingerprint density at radius 3 is 2.23 bits per heavy atom. The van der Waals surface area contributed by atoms with Gasteiger partial charge in [-0.3, -0.25) is 9.69 Å². The molecule has 4 bridgehead atoms. The van der Waals surface area contributed by atoms with Crippen molar-refractivity contribution in [3.63, 3.8) is 0 Å². The smallest absolute Gasteiger partial charge is 0.259 e. The third kappa shape index (κ3) is 2.67. The summed E-state index contributed by atoms with van der Waals surface area (Å²) in [7, 11) is 1.78. The molecule has 4 nitrogen and oxygen atoms in total. The van der Waals surface area contributed by atoms with Crippen LogP contribution in [0.3, 0.4) is 0 Å². The van der Waals surface area contributed by atoms with Gasteiger partial charge in [0, 0.05) is 23.0 Å². The maximum absolute atomic E-state index is 12.7. The summed E-state index contributed by atoms with van der Waals surface area (Å²) >= 11 is 7.53. The molecular formula is C20H22ClN3OS. The van der Waals surface area contributed by atoms with Gasteiger partial charge in [0.2, 0.25) is 5.13 Å². The van der Waals surface area contributed by atoms with Crippen LogP contribution in [-0.4, -0.2) is 23.2 Å². The molecule has 0 radical (unpaired) electrons. The second kappa shape index (κ2) is 6.03. The first-order chi connectivity index (χ1) is 12.5. The number of carbonyl (C=O) groups is 1. The van der Waals surface area contributed by atoms with Crippen LogP contribution in [0.4, 0.5) is 5.13 Å². The molecule has 4 aliphatic carbocycles. The number of halogens is 1. The van der Waals surface area contributed by atoms with Crippen molar-refractivity contribution < 1.29 is 4.79 Å². The summed E-state index contributed by atoms with van der Waals surface area (Å²) in [4.78, 5) is 14.4. The summed E-state index contributed by atoms with van der Waals surface area (Å²) in [6, 6.07) is 6.98. The lowest BCUT2D eigenvalue weighted by atomic mass is 9.50. The Balaban J connectivity index is 1.40. The molecule has 0 saturated heterocycles. The van der Waals surface area contributed by atoms with Crippen molar-refractivity contribution in [2.45, 2.75) is 43.9 Å². The molecular weight excluding hydrogens is 366 g/mol. The summed E-state index contributed by atoms with van der Waals surface area (Å²) in [5.74, 6) is 2.56. The summed E-state index contributed by atoms with van der Waals surface area (Å²) in [6.07, 6.45) is 8.05. The van der Waals surface area contributed by atoms with E-state index in [0.29, 0.717) is 15.7 Å². The molecule has 4 aliphatic rings. The van der Waals surface area contributed by atoms with Crippen molar-refractivity contribution in [3.8, 4) is 0 Å². The van der Waals surface area contributed by atoms with Crippen LogP contribution in [0.5, 0.6) is 0 Å². The van der Waals surface area contributed by atoms with Crippen LogP contribution in [0.2, 0.25) is 5.02 Å². The maximum atomic E-state index is 12.7. The zero-order chi connectivity index (χ0) is 17.9. The van der Waals surface area contributed by atoms with E-state index < -0.39 is 0 Å². The van der Waals surface area contributed by atoms with Crippen LogP contribution in [0.1, 0.15) is 53.9 Å². The van der Waals surface area contributed by atoms with Gasteiger partial charge in [0.1, 0.15) is 5.01 Å². The van der Waals surface area contributed by atoms with Crippen LogP contribution < -0.4 is 4.90 Å². The summed E-state index contributed by atoms with van der Waals surface area (Å²) in [6.45, 7) is 0. The Kier molecular flexibility index (Phi) is 3.87. The number of hydrogen-bond acceptors (Lipinski definition) is 4. The molecule has 0 unspecified atom stereocenters. The standard InChI is InChI=1S/C20H22ClN3OS/c1-24(17(25)15-2-4-16(21)5-3-15)19-23-22-18(26-19)20-9-12-6-13(10-20)8-14(7-12)11-20/h2-5,12-14H,6-11H2,1H3. The molecule has 2 aromatic rings. The topological polar surface area (TPSA) is 46.1 Å². The van der Waals surface area contributed by atoms with Crippen molar-refractivity contribution in [1.29, 1.82) is 0 Å². The molecule has 1 aromatic carbocycles. The Morgan fingerprint density at radius 2 is 1.65 bits per heavy atom. The van der Waals surface area contributed by atoms with E-state index in [9.17, 15) is 4.79 Å². The number of aromatic nitrogens is 2. The van der Waals surface area contributed by atoms with E-state index in [1.165, 1.54) is 38.5 Å². The Bertz CT molecular complexity index is 812.